The molecule has 0 amide bonds. The Labute approximate surface area is 86.6 Å². The molecule has 0 bridgehead atoms. The van der Waals surface area contributed by atoms with Gasteiger partial charge >= 0.3 is 0 Å². The molecule has 0 fully saturated rings. The first-order valence-corrected chi connectivity index (χ1v) is 4.82. The van der Waals surface area contributed by atoms with Crippen molar-refractivity contribution in [1.29, 1.82) is 0 Å². The molecule has 0 unspecified atom stereocenters. The number of phenolic OH excluding ortho intramolecular Hbond substituents is 1. The second-order valence-corrected chi connectivity index (χ2v) is 3.66. The van der Waals surface area contributed by atoms with Crippen molar-refractivity contribution in [2.24, 2.45) is 0 Å². The van der Waals surface area contributed by atoms with E-state index in [2.05, 4.69) is 4.98 Å². The number of aromatic nitrogens is 2. The van der Waals surface area contributed by atoms with E-state index in [1.165, 1.54) is 0 Å². The van der Waals surface area contributed by atoms with Crippen LogP contribution in [0.5, 0.6) is 5.75 Å². The van der Waals surface area contributed by atoms with Crippen LogP contribution in [0.3, 0.4) is 0 Å². The van der Waals surface area contributed by atoms with Crippen molar-refractivity contribution in [2.75, 3.05) is 0 Å². The highest BCUT2D eigenvalue weighted by Gasteiger charge is 2.05. The molecule has 0 aliphatic heterocycles. The van der Waals surface area contributed by atoms with E-state index in [-0.39, 0.29) is 5.75 Å². The minimum absolute atomic E-state index is 0.288. The summed E-state index contributed by atoms with van der Waals surface area (Å²) >= 11 is 0. The number of rotatable bonds is 0. The number of aryl methyl sites for hydroxylation is 1. The molecular formula is C12H10N2O. The van der Waals surface area contributed by atoms with Crippen molar-refractivity contribution in [2.45, 2.75) is 6.92 Å². The fraction of sp³-hybridized carbons (Fsp3) is 0.0833. The van der Waals surface area contributed by atoms with Crippen molar-refractivity contribution in [1.82, 2.24) is 9.38 Å². The molecule has 1 N–H and O–H groups in total. The van der Waals surface area contributed by atoms with Crippen LogP contribution in [0.2, 0.25) is 0 Å². The summed E-state index contributed by atoms with van der Waals surface area (Å²) < 4.78 is 1.92. The van der Waals surface area contributed by atoms with Gasteiger partial charge in [-0.05, 0) is 25.1 Å². The number of phenols is 1. The van der Waals surface area contributed by atoms with Crippen molar-refractivity contribution in [3.8, 4) is 5.75 Å². The molecule has 3 heteroatoms. The number of imidazole rings is 1. The van der Waals surface area contributed by atoms with E-state index in [9.17, 15) is 5.11 Å². The topological polar surface area (TPSA) is 37.5 Å². The molecule has 0 radical (unpaired) electrons. The Morgan fingerprint density at radius 2 is 2.07 bits per heavy atom. The van der Waals surface area contributed by atoms with Crippen LogP contribution < -0.4 is 0 Å². The number of hydrogen-bond acceptors (Lipinski definition) is 2. The van der Waals surface area contributed by atoms with E-state index in [1.54, 1.807) is 6.07 Å². The molecule has 2 aromatic heterocycles. The Morgan fingerprint density at radius 1 is 1.20 bits per heavy atom. The number of benzene rings is 1. The van der Waals surface area contributed by atoms with Gasteiger partial charge in [-0.15, -0.1) is 0 Å². The van der Waals surface area contributed by atoms with Crippen molar-refractivity contribution in [3.05, 3.63) is 42.2 Å². The summed E-state index contributed by atoms with van der Waals surface area (Å²) in [5, 5.41) is 10.8. The minimum Gasteiger partial charge on any atom is -0.506 e. The molecular weight excluding hydrogens is 188 g/mol. The molecule has 2 heterocycles. The zero-order valence-electron chi connectivity index (χ0n) is 8.31. The van der Waals surface area contributed by atoms with Gasteiger partial charge in [-0.3, -0.25) is 4.40 Å². The smallest absolute Gasteiger partial charge is 0.140 e. The SMILES string of the molecule is Cc1cn2c(ccc3cccc(O)c32)n1. The average molecular weight is 198 g/mol. The molecule has 15 heavy (non-hydrogen) atoms. The van der Waals surface area contributed by atoms with Crippen LogP contribution in [0.1, 0.15) is 5.69 Å². The number of para-hydroxylation sites is 1. The first kappa shape index (κ1) is 8.29. The van der Waals surface area contributed by atoms with Crippen LogP contribution in [0.15, 0.2) is 36.5 Å². The Bertz CT molecular complexity index is 655. The summed E-state index contributed by atoms with van der Waals surface area (Å²) in [7, 11) is 0. The van der Waals surface area contributed by atoms with E-state index in [1.807, 2.05) is 41.8 Å². The zero-order chi connectivity index (χ0) is 10.4. The highest BCUT2D eigenvalue weighted by Crippen LogP contribution is 2.25. The molecule has 74 valence electrons. The average Bonchev–Trinajstić information content (AvgIpc) is 2.58. The Hall–Kier alpha value is -2.03. The van der Waals surface area contributed by atoms with Gasteiger partial charge in [-0.2, -0.15) is 0 Å². The number of pyridine rings is 1. The Kier molecular flexibility index (Phi) is 1.51. The zero-order valence-corrected chi connectivity index (χ0v) is 8.31. The molecule has 3 nitrogen and oxygen atoms in total. The maximum atomic E-state index is 9.83. The van der Waals surface area contributed by atoms with Gasteiger partial charge in [-0.1, -0.05) is 12.1 Å². The van der Waals surface area contributed by atoms with E-state index < -0.39 is 0 Å². The second kappa shape index (κ2) is 2.73. The quantitative estimate of drug-likeness (QED) is 0.602. The van der Waals surface area contributed by atoms with E-state index in [0.29, 0.717) is 0 Å². The Balaban J connectivity index is 2.62. The molecule has 0 saturated heterocycles. The highest BCUT2D eigenvalue weighted by molar-refractivity contribution is 5.87. The van der Waals surface area contributed by atoms with Gasteiger partial charge in [0.1, 0.15) is 11.4 Å². The summed E-state index contributed by atoms with van der Waals surface area (Å²) in [5.74, 6) is 0.288. The number of hydrogen-bond donors (Lipinski definition) is 1. The van der Waals surface area contributed by atoms with E-state index >= 15 is 0 Å². The lowest BCUT2D eigenvalue weighted by Crippen LogP contribution is -1.86. The summed E-state index contributed by atoms with van der Waals surface area (Å²) in [6.07, 6.45) is 1.93. The first-order valence-electron chi connectivity index (χ1n) is 4.82. The number of fused-ring (bicyclic) bond motifs is 3. The summed E-state index contributed by atoms with van der Waals surface area (Å²) in [5.41, 5.74) is 2.63. The van der Waals surface area contributed by atoms with Crippen molar-refractivity contribution >= 4 is 16.6 Å². The molecule has 1 aromatic carbocycles. The monoisotopic (exact) mass is 198 g/mol. The lowest BCUT2D eigenvalue weighted by molar-refractivity contribution is 0.480. The predicted octanol–water partition coefficient (Wildman–Crippen LogP) is 2.50. The largest absolute Gasteiger partial charge is 0.506 e. The molecule has 0 saturated carbocycles. The maximum Gasteiger partial charge on any atom is 0.140 e. The highest BCUT2D eigenvalue weighted by atomic mass is 16.3. The standard InChI is InChI=1S/C12H10N2O/c1-8-7-14-11(13-8)6-5-9-3-2-4-10(15)12(9)14/h2-7,15H,1H3. The van der Waals surface area contributed by atoms with Gasteiger partial charge in [-0.25, -0.2) is 4.98 Å². The summed E-state index contributed by atoms with van der Waals surface area (Å²) in [6, 6.07) is 9.43. The minimum atomic E-state index is 0.288. The fourth-order valence-corrected chi connectivity index (χ4v) is 1.92. The lowest BCUT2D eigenvalue weighted by Gasteiger charge is -2.03. The van der Waals surface area contributed by atoms with Crippen LogP contribution in [0, 0.1) is 6.92 Å². The lowest BCUT2D eigenvalue weighted by atomic mass is 10.2. The number of aromatic hydroxyl groups is 1. The number of nitrogens with zero attached hydrogens (tertiary/aromatic N) is 2. The van der Waals surface area contributed by atoms with Gasteiger partial charge in [0.15, 0.2) is 0 Å². The van der Waals surface area contributed by atoms with E-state index in [0.717, 1.165) is 22.2 Å². The van der Waals surface area contributed by atoms with Gasteiger partial charge in [0, 0.05) is 11.6 Å². The van der Waals surface area contributed by atoms with Gasteiger partial charge in [0.05, 0.1) is 11.2 Å². The normalized spacial score (nSPS) is 11.3. The third kappa shape index (κ3) is 1.09. The van der Waals surface area contributed by atoms with Crippen LogP contribution in [0.4, 0.5) is 0 Å². The Morgan fingerprint density at radius 3 is 2.93 bits per heavy atom. The van der Waals surface area contributed by atoms with Crippen LogP contribution >= 0.6 is 0 Å². The second-order valence-electron chi connectivity index (χ2n) is 3.66. The summed E-state index contributed by atoms with van der Waals surface area (Å²) in [6.45, 7) is 1.94. The van der Waals surface area contributed by atoms with Gasteiger partial charge in [0.25, 0.3) is 0 Å². The van der Waals surface area contributed by atoms with Crippen molar-refractivity contribution < 1.29 is 5.11 Å². The molecule has 0 spiro atoms. The third-order valence-corrected chi connectivity index (χ3v) is 2.55. The van der Waals surface area contributed by atoms with Crippen LogP contribution in [-0.2, 0) is 0 Å². The third-order valence-electron chi connectivity index (χ3n) is 2.55. The molecule has 0 atom stereocenters. The molecule has 0 aliphatic carbocycles. The van der Waals surface area contributed by atoms with E-state index in [4.69, 9.17) is 0 Å². The van der Waals surface area contributed by atoms with Gasteiger partial charge in [0.2, 0.25) is 0 Å². The van der Waals surface area contributed by atoms with Crippen LogP contribution in [-0.4, -0.2) is 14.5 Å². The first-order chi connectivity index (χ1) is 7.25. The molecule has 3 aromatic rings. The summed E-state index contributed by atoms with van der Waals surface area (Å²) in [4.78, 5) is 4.36. The molecule has 3 rings (SSSR count). The maximum absolute atomic E-state index is 9.83. The fourth-order valence-electron chi connectivity index (χ4n) is 1.92. The van der Waals surface area contributed by atoms with Crippen molar-refractivity contribution in [3.63, 3.8) is 0 Å². The van der Waals surface area contributed by atoms with Gasteiger partial charge < -0.3 is 5.11 Å². The predicted molar refractivity (Wildman–Crippen MR) is 59.1 cm³/mol. The molecule has 0 aliphatic rings. The van der Waals surface area contributed by atoms with Crippen LogP contribution in [0.25, 0.3) is 16.6 Å².